The first-order valence-corrected chi connectivity index (χ1v) is 26.1. The zero-order valence-electron chi connectivity index (χ0n) is 43.0. The maximum Gasteiger partial charge on any atom is 0.0541 e. The van der Waals surface area contributed by atoms with Crippen molar-refractivity contribution in [2.45, 2.75) is 52.4 Å². The summed E-state index contributed by atoms with van der Waals surface area (Å²) in [5, 5.41) is 10.0. The first-order chi connectivity index (χ1) is 36.0. The molecule has 1 heterocycles. The quantitative estimate of drug-likeness (QED) is 0.138. The fourth-order valence-corrected chi connectivity index (χ4v) is 11.5. The maximum atomic E-state index is 2.53. The third-order valence-electron chi connectivity index (χ3n) is 15.4. The number of hydrogen-bond donors (Lipinski definition) is 0. The molecule has 0 amide bonds. The summed E-state index contributed by atoms with van der Waals surface area (Å²) in [6.07, 6.45) is 0. The molecule has 0 radical (unpaired) electrons. The van der Waals surface area contributed by atoms with E-state index in [1.54, 1.807) is 0 Å². The van der Waals surface area contributed by atoms with E-state index in [9.17, 15) is 0 Å². The lowest BCUT2D eigenvalue weighted by atomic mass is 9.85. The number of rotatable bonds is 8. The van der Waals surface area contributed by atoms with Crippen molar-refractivity contribution < 1.29 is 0 Å². The molecule has 0 aliphatic carbocycles. The van der Waals surface area contributed by atoms with Crippen LogP contribution in [-0.4, -0.2) is 4.57 Å². The van der Waals surface area contributed by atoms with Crippen LogP contribution in [0, 0.1) is 0 Å². The van der Waals surface area contributed by atoms with Crippen molar-refractivity contribution in [3.8, 4) is 50.2 Å². The minimum atomic E-state index is 0.0154. The Kier molecular flexibility index (Phi) is 10.7. The van der Waals surface area contributed by atoms with E-state index in [-0.39, 0.29) is 10.8 Å². The molecule has 0 spiro atoms. The molecule has 74 heavy (non-hydrogen) atoms. The van der Waals surface area contributed by atoms with Crippen molar-refractivity contribution in [3.63, 3.8) is 0 Å². The number of aromatic nitrogens is 1. The Morgan fingerprint density at radius 3 is 1.35 bits per heavy atom. The highest BCUT2D eigenvalue weighted by molar-refractivity contribution is 6.27. The maximum absolute atomic E-state index is 2.53. The molecule has 0 saturated heterocycles. The number of anilines is 3. The molecule has 2 heteroatoms. The first kappa shape index (κ1) is 45.2. The number of nitrogens with zero attached hydrogens (tertiary/aromatic N) is 2. The molecular formula is C72H58N2. The molecule has 0 fully saturated rings. The van der Waals surface area contributed by atoms with Crippen LogP contribution in [0.1, 0.15) is 52.7 Å². The van der Waals surface area contributed by atoms with Gasteiger partial charge in [-0.3, -0.25) is 0 Å². The normalized spacial score (nSPS) is 12.2. The molecule has 0 N–H and O–H groups in total. The molecule has 0 bridgehead atoms. The lowest BCUT2D eigenvalue weighted by molar-refractivity contribution is 0.590. The van der Waals surface area contributed by atoms with E-state index in [1.165, 1.54) is 93.2 Å². The minimum absolute atomic E-state index is 0.0154. The van der Waals surface area contributed by atoms with Gasteiger partial charge in [0.1, 0.15) is 0 Å². The van der Waals surface area contributed by atoms with Crippen LogP contribution in [0.25, 0.3) is 104 Å². The van der Waals surface area contributed by atoms with Gasteiger partial charge in [0.25, 0.3) is 0 Å². The molecule has 0 aliphatic heterocycles. The highest BCUT2D eigenvalue weighted by Gasteiger charge is 2.26. The number of hydrogen-bond acceptors (Lipinski definition) is 1. The van der Waals surface area contributed by atoms with Crippen LogP contribution in [-0.2, 0) is 10.8 Å². The SMILES string of the molecule is CC(C)(C)c1ccc2c(c1)c1cc(C(C)(C)C)ccc1n2-c1ccc2ccc3c(N(c4cc(-c5ccccc5)cc(-c5ccccc5)c4)c4ccccc4-c4cccc(-c5ccccc5)c4)ccc4ccc1c2c43. The van der Waals surface area contributed by atoms with E-state index in [1.807, 2.05) is 0 Å². The predicted molar refractivity (Wildman–Crippen MR) is 318 cm³/mol. The molecule has 0 aliphatic rings. The summed E-state index contributed by atoms with van der Waals surface area (Å²) in [6, 6.07) is 90.5. The van der Waals surface area contributed by atoms with Crippen molar-refractivity contribution >= 4 is 71.2 Å². The average Bonchev–Trinajstić information content (AvgIpc) is 3.79. The summed E-state index contributed by atoms with van der Waals surface area (Å²) < 4.78 is 2.53. The van der Waals surface area contributed by atoms with Crippen molar-refractivity contribution in [2.75, 3.05) is 4.90 Å². The van der Waals surface area contributed by atoms with Gasteiger partial charge < -0.3 is 9.47 Å². The third kappa shape index (κ3) is 7.72. The van der Waals surface area contributed by atoms with Crippen LogP contribution in [0.15, 0.2) is 243 Å². The van der Waals surface area contributed by atoms with Gasteiger partial charge in [0.2, 0.25) is 0 Å². The first-order valence-electron chi connectivity index (χ1n) is 26.1. The van der Waals surface area contributed by atoms with Crippen LogP contribution in [0.5, 0.6) is 0 Å². The second kappa shape index (κ2) is 17.5. The summed E-state index contributed by atoms with van der Waals surface area (Å²) in [5.74, 6) is 0. The summed E-state index contributed by atoms with van der Waals surface area (Å²) in [6.45, 7) is 13.9. The largest absolute Gasteiger partial charge is 0.309 e. The van der Waals surface area contributed by atoms with Crippen LogP contribution in [0.3, 0.4) is 0 Å². The Morgan fingerprint density at radius 2 is 0.770 bits per heavy atom. The second-order valence-corrected chi connectivity index (χ2v) is 22.2. The fourth-order valence-electron chi connectivity index (χ4n) is 11.5. The van der Waals surface area contributed by atoms with E-state index in [0.717, 1.165) is 39.3 Å². The van der Waals surface area contributed by atoms with E-state index in [4.69, 9.17) is 0 Å². The average molecular weight is 951 g/mol. The Labute approximate surface area is 434 Å². The number of benzene rings is 12. The highest BCUT2D eigenvalue weighted by atomic mass is 15.1. The molecule has 1 aromatic heterocycles. The van der Waals surface area contributed by atoms with Gasteiger partial charge in [-0.05, 0) is 149 Å². The Balaban J connectivity index is 1.09. The molecule has 2 nitrogen and oxygen atoms in total. The van der Waals surface area contributed by atoms with Gasteiger partial charge >= 0.3 is 0 Å². The van der Waals surface area contributed by atoms with Crippen molar-refractivity contribution in [2.24, 2.45) is 0 Å². The zero-order valence-corrected chi connectivity index (χ0v) is 43.0. The molecule has 0 saturated carbocycles. The molecule has 0 unspecified atom stereocenters. The Bertz CT molecular complexity index is 4110. The van der Waals surface area contributed by atoms with Gasteiger partial charge in [0.15, 0.2) is 0 Å². The highest BCUT2D eigenvalue weighted by Crippen LogP contribution is 2.49. The summed E-state index contributed by atoms with van der Waals surface area (Å²) in [7, 11) is 0. The van der Waals surface area contributed by atoms with Crippen molar-refractivity contribution in [1.82, 2.24) is 4.57 Å². The summed E-state index contributed by atoms with van der Waals surface area (Å²) in [5.41, 5.74) is 19.0. The van der Waals surface area contributed by atoms with Crippen LogP contribution in [0.2, 0.25) is 0 Å². The lowest BCUT2D eigenvalue weighted by Crippen LogP contribution is -2.12. The monoisotopic (exact) mass is 950 g/mol. The molecule has 13 rings (SSSR count). The van der Waals surface area contributed by atoms with Crippen LogP contribution < -0.4 is 4.90 Å². The van der Waals surface area contributed by atoms with E-state index >= 15 is 0 Å². The van der Waals surface area contributed by atoms with Gasteiger partial charge in [-0.15, -0.1) is 0 Å². The molecule has 0 atom stereocenters. The lowest BCUT2D eigenvalue weighted by Gasteiger charge is -2.30. The topological polar surface area (TPSA) is 8.17 Å². The van der Waals surface area contributed by atoms with Crippen LogP contribution in [0.4, 0.5) is 17.1 Å². The smallest absolute Gasteiger partial charge is 0.0541 e. The molecular weight excluding hydrogens is 893 g/mol. The van der Waals surface area contributed by atoms with Crippen LogP contribution >= 0.6 is 0 Å². The van der Waals surface area contributed by atoms with E-state index in [2.05, 4.69) is 294 Å². The van der Waals surface area contributed by atoms with Crippen molar-refractivity contribution in [3.05, 3.63) is 254 Å². The van der Waals surface area contributed by atoms with E-state index < -0.39 is 0 Å². The molecule has 356 valence electrons. The standard InChI is InChI=1S/C72H58N2/c1-71(2,3)56-33-39-67-62(45-56)63-46-57(72(4,5)6)34-40-68(63)74(67)66-38-32-51-29-35-60-65(37-31-50-30-36-61(66)70(51)69(50)60)73(58-43-54(48-21-12-8-13-22-48)42-55(44-58)49-23-14-9-15-24-49)64-28-17-16-27-59(64)53-26-18-25-52(41-53)47-19-10-7-11-20-47/h7-46H,1-6H3. The Hall–Kier alpha value is -8.72. The third-order valence-corrected chi connectivity index (χ3v) is 15.4. The van der Waals surface area contributed by atoms with Gasteiger partial charge in [-0.1, -0.05) is 217 Å². The van der Waals surface area contributed by atoms with Gasteiger partial charge in [0.05, 0.1) is 28.1 Å². The number of para-hydroxylation sites is 1. The summed E-state index contributed by atoms with van der Waals surface area (Å²) in [4.78, 5) is 2.53. The molecule has 12 aromatic carbocycles. The summed E-state index contributed by atoms with van der Waals surface area (Å²) >= 11 is 0. The van der Waals surface area contributed by atoms with Gasteiger partial charge in [0, 0.05) is 32.8 Å². The second-order valence-electron chi connectivity index (χ2n) is 22.2. The zero-order chi connectivity index (χ0) is 50.3. The van der Waals surface area contributed by atoms with E-state index in [0.29, 0.717) is 0 Å². The van der Waals surface area contributed by atoms with Gasteiger partial charge in [-0.25, -0.2) is 0 Å². The van der Waals surface area contributed by atoms with Gasteiger partial charge in [-0.2, -0.15) is 0 Å². The molecule has 13 aromatic rings. The van der Waals surface area contributed by atoms with Crippen molar-refractivity contribution in [1.29, 1.82) is 0 Å². The minimum Gasteiger partial charge on any atom is -0.309 e. The Morgan fingerprint density at radius 1 is 0.311 bits per heavy atom. The predicted octanol–water partition coefficient (Wildman–Crippen LogP) is 20.4. The fraction of sp³-hybridized carbons (Fsp3) is 0.111. The number of fused-ring (bicyclic) bond motifs is 3.